The van der Waals surface area contributed by atoms with Crippen LogP contribution in [0.1, 0.15) is 58.6 Å². The largest absolute Gasteiger partial charge is 0.469 e. The number of methoxy groups -OCH3 is 1. The van der Waals surface area contributed by atoms with Crippen LogP contribution in [0.4, 0.5) is 4.79 Å². The first-order valence-corrected chi connectivity index (χ1v) is 8.47. The van der Waals surface area contributed by atoms with E-state index in [-0.39, 0.29) is 5.92 Å². The first kappa shape index (κ1) is 21.0. The summed E-state index contributed by atoms with van der Waals surface area (Å²) < 4.78 is 15.9. The summed E-state index contributed by atoms with van der Waals surface area (Å²) in [5, 5.41) is 2.69. The van der Waals surface area contributed by atoms with Gasteiger partial charge in [0, 0.05) is 19.6 Å². The molecule has 0 saturated carbocycles. The van der Waals surface area contributed by atoms with E-state index in [1.165, 1.54) is 0 Å². The van der Waals surface area contributed by atoms with Gasteiger partial charge in [0.05, 0.1) is 6.26 Å². The van der Waals surface area contributed by atoms with Crippen LogP contribution in [-0.4, -0.2) is 36.9 Å². The van der Waals surface area contributed by atoms with Crippen molar-refractivity contribution >= 4 is 12.0 Å². The molecule has 0 aromatic carbocycles. The van der Waals surface area contributed by atoms with Gasteiger partial charge in [-0.1, -0.05) is 6.92 Å². The van der Waals surface area contributed by atoms with Crippen LogP contribution in [0.5, 0.6) is 0 Å². The average Bonchev–Trinajstić information content (AvgIpc) is 3.02. The highest BCUT2D eigenvalue weighted by atomic mass is 16.6. The van der Waals surface area contributed by atoms with Crippen LogP contribution in [-0.2, 0) is 14.3 Å². The van der Waals surface area contributed by atoms with Crippen molar-refractivity contribution in [2.75, 3.05) is 13.7 Å². The third kappa shape index (κ3) is 6.42. The van der Waals surface area contributed by atoms with Gasteiger partial charge in [-0.25, -0.2) is 4.79 Å². The fraction of sp³-hybridized carbons (Fsp3) is 0.667. The summed E-state index contributed by atoms with van der Waals surface area (Å²) in [5.41, 5.74) is 3.76. The number of carbonyl (C=O) groups is 2. The average molecular weight is 354 g/mol. The molecule has 25 heavy (non-hydrogen) atoms. The van der Waals surface area contributed by atoms with E-state index in [4.69, 9.17) is 19.6 Å². The Morgan fingerprint density at radius 2 is 2.04 bits per heavy atom. The molecule has 1 rings (SSSR count). The van der Waals surface area contributed by atoms with Crippen LogP contribution >= 0.6 is 0 Å². The lowest BCUT2D eigenvalue weighted by Gasteiger charge is -2.34. The van der Waals surface area contributed by atoms with Crippen molar-refractivity contribution in [3.05, 3.63) is 24.2 Å². The van der Waals surface area contributed by atoms with E-state index in [0.717, 1.165) is 5.76 Å². The predicted octanol–water partition coefficient (Wildman–Crippen LogP) is 2.95. The molecule has 0 saturated heterocycles. The second kappa shape index (κ2) is 8.89. The molecule has 0 spiro atoms. The van der Waals surface area contributed by atoms with E-state index in [1.807, 2.05) is 6.07 Å². The molecule has 7 heteroatoms. The maximum atomic E-state index is 12.2. The van der Waals surface area contributed by atoms with Crippen LogP contribution in [0, 0.1) is 0 Å². The Kier molecular flexibility index (Phi) is 7.48. The summed E-state index contributed by atoms with van der Waals surface area (Å²) in [5.74, 6) is -0.00529. The number of nitrogens with one attached hydrogen (secondary N) is 1. The standard InChI is InChI=1S/C18H30N2O5/c1-6-18(15(19)21,20-16(22)25-17(2,3)4)12-13(9-11-23-5)14-8-7-10-24-14/h7-8,10,13H,6,9,11-12H2,1-5H3,(H2,19,21)(H,20,22)/t13-,18+/m0/s1. The van der Waals surface area contributed by atoms with E-state index >= 15 is 0 Å². The number of hydrogen-bond donors (Lipinski definition) is 2. The lowest BCUT2D eigenvalue weighted by atomic mass is 9.82. The Morgan fingerprint density at radius 3 is 2.48 bits per heavy atom. The van der Waals surface area contributed by atoms with E-state index in [2.05, 4.69) is 5.32 Å². The molecule has 0 fully saturated rings. The fourth-order valence-corrected chi connectivity index (χ4v) is 2.67. The quantitative estimate of drug-likeness (QED) is 0.709. The molecule has 7 nitrogen and oxygen atoms in total. The number of nitrogens with two attached hydrogens (primary N) is 1. The van der Waals surface area contributed by atoms with E-state index in [0.29, 0.717) is 25.9 Å². The number of alkyl carbamates (subject to hydrolysis) is 1. The third-order valence-electron chi connectivity index (χ3n) is 4.03. The van der Waals surface area contributed by atoms with Crippen molar-refractivity contribution in [2.45, 2.75) is 64.0 Å². The molecule has 0 aliphatic rings. The summed E-state index contributed by atoms with van der Waals surface area (Å²) >= 11 is 0. The topological polar surface area (TPSA) is 104 Å². The van der Waals surface area contributed by atoms with Crippen molar-refractivity contribution < 1.29 is 23.5 Å². The van der Waals surface area contributed by atoms with Crippen molar-refractivity contribution in [1.29, 1.82) is 0 Å². The van der Waals surface area contributed by atoms with Gasteiger partial charge in [-0.05, 0) is 52.2 Å². The molecular weight excluding hydrogens is 324 g/mol. The second-order valence-electron chi connectivity index (χ2n) is 7.12. The number of rotatable bonds is 9. The van der Waals surface area contributed by atoms with Crippen LogP contribution in [0.3, 0.4) is 0 Å². The molecule has 2 atom stereocenters. The number of amides is 2. The molecule has 0 aliphatic carbocycles. The maximum Gasteiger partial charge on any atom is 0.408 e. The molecule has 3 N–H and O–H groups in total. The van der Waals surface area contributed by atoms with Crippen molar-refractivity contribution in [3.63, 3.8) is 0 Å². The molecule has 1 aromatic rings. The van der Waals surface area contributed by atoms with Gasteiger partial charge >= 0.3 is 6.09 Å². The van der Waals surface area contributed by atoms with Crippen molar-refractivity contribution in [3.8, 4) is 0 Å². The van der Waals surface area contributed by atoms with Gasteiger partial charge in [-0.2, -0.15) is 0 Å². The minimum Gasteiger partial charge on any atom is -0.469 e. The Morgan fingerprint density at radius 1 is 1.36 bits per heavy atom. The monoisotopic (exact) mass is 354 g/mol. The predicted molar refractivity (Wildman–Crippen MR) is 94.1 cm³/mol. The van der Waals surface area contributed by atoms with Crippen LogP contribution in [0.25, 0.3) is 0 Å². The zero-order valence-corrected chi connectivity index (χ0v) is 15.8. The molecule has 0 bridgehead atoms. The van der Waals surface area contributed by atoms with Gasteiger partial charge in [-0.3, -0.25) is 4.79 Å². The minimum atomic E-state index is -1.23. The van der Waals surface area contributed by atoms with Crippen LogP contribution < -0.4 is 11.1 Å². The van der Waals surface area contributed by atoms with Crippen LogP contribution in [0.15, 0.2) is 22.8 Å². The summed E-state index contributed by atoms with van der Waals surface area (Å²) in [4.78, 5) is 24.5. The van der Waals surface area contributed by atoms with Crippen molar-refractivity contribution in [2.24, 2.45) is 5.73 Å². The summed E-state index contributed by atoms with van der Waals surface area (Å²) in [6.45, 7) is 7.58. The summed E-state index contributed by atoms with van der Waals surface area (Å²) in [6, 6.07) is 3.63. The Bertz CT molecular complexity index is 550. The van der Waals surface area contributed by atoms with E-state index < -0.39 is 23.1 Å². The third-order valence-corrected chi connectivity index (χ3v) is 4.03. The van der Waals surface area contributed by atoms with Gasteiger partial charge in [0.1, 0.15) is 16.9 Å². The van der Waals surface area contributed by atoms with E-state index in [1.54, 1.807) is 47.1 Å². The maximum absolute atomic E-state index is 12.2. The Balaban J connectivity index is 3.02. The summed E-state index contributed by atoms with van der Waals surface area (Å²) in [6.07, 6.45) is 2.18. The molecular formula is C18H30N2O5. The van der Waals surface area contributed by atoms with Gasteiger partial charge < -0.3 is 24.9 Å². The van der Waals surface area contributed by atoms with Gasteiger partial charge in [-0.15, -0.1) is 0 Å². The van der Waals surface area contributed by atoms with Crippen molar-refractivity contribution in [1.82, 2.24) is 5.32 Å². The molecule has 1 aromatic heterocycles. The number of furan rings is 1. The van der Waals surface area contributed by atoms with Crippen LogP contribution in [0.2, 0.25) is 0 Å². The number of hydrogen-bond acceptors (Lipinski definition) is 5. The molecule has 0 aliphatic heterocycles. The number of ether oxygens (including phenoxy) is 2. The van der Waals surface area contributed by atoms with E-state index in [9.17, 15) is 9.59 Å². The lowest BCUT2D eigenvalue weighted by molar-refractivity contribution is -0.125. The number of primary amides is 1. The smallest absolute Gasteiger partial charge is 0.408 e. The fourth-order valence-electron chi connectivity index (χ4n) is 2.67. The zero-order valence-electron chi connectivity index (χ0n) is 15.8. The highest BCUT2D eigenvalue weighted by Gasteiger charge is 2.40. The highest BCUT2D eigenvalue weighted by Crippen LogP contribution is 2.32. The lowest BCUT2D eigenvalue weighted by Crippen LogP contribution is -2.58. The molecule has 0 unspecified atom stereocenters. The molecule has 0 radical (unpaired) electrons. The SMILES string of the molecule is CC[C@](C[C@H](CCOC)c1ccco1)(NC(=O)OC(C)(C)C)C(N)=O. The van der Waals surface area contributed by atoms with Gasteiger partial charge in [0.15, 0.2) is 0 Å². The molecule has 1 heterocycles. The zero-order chi connectivity index (χ0) is 19.1. The second-order valence-corrected chi connectivity index (χ2v) is 7.12. The van der Waals surface area contributed by atoms with Gasteiger partial charge in [0.2, 0.25) is 5.91 Å². The van der Waals surface area contributed by atoms with Gasteiger partial charge in [0.25, 0.3) is 0 Å². The normalized spacial score (nSPS) is 15.2. The molecule has 142 valence electrons. The first-order valence-electron chi connectivity index (χ1n) is 8.47. The highest BCUT2D eigenvalue weighted by molar-refractivity contribution is 5.88. The minimum absolute atomic E-state index is 0.127. The first-order chi connectivity index (χ1) is 11.6. The Hall–Kier alpha value is -2.02. The number of carbonyl (C=O) groups excluding carboxylic acids is 2. The Labute approximate surface area is 149 Å². The summed E-state index contributed by atoms with van der Waals surface area (Å²) in [7, 11) is 1.61. The molecule has 2 amide bonds.